The second-order valence-corrected chi connectivity index (χ2v) is 8.02. The SMILES string of the molecule is CCC(C)CC(C)CC1(C)CC(C)CC1(C)C. The van der Waals surface area contributed by atoms with Gasteiger partial charge in [0.2, 0.25) is 0 Å². The third-order valence-corrected chi connectivity index (χ3v) is 5.59. The molecule has 0 saturated heterocycles. The van der Waals surface area contributed by atoms with Crippen molar-refractivity contribution < 1.29 is 0 Å². The summed E-state index contributed by atoms with van der Waals surface area (Å²) in [5.74, 6) is 2.71. The van der Waals surface area contributed by atoms with E-state index < -0.39 is 0 Å². The highest BCUT2D eigenvalue weighted by molar-refractivity contribution is 4.98. The van der Waals surface area contributed by atoms with Crippen LogP contribution in [0.4, 0.5) is 0 Å². The molecule has 0 N–H and O–H groups in total. The Hall–Kier alpha value is 0. The Balaban J connectivity index is 2.60. The largest absolute Gasteiger partial charge is 0.0651 e. The van der Waals surface area contributed by atoms with Crippen LogP contribution in [0.3, 0.4) is 0 Å². The van der Waals surface area contributed by atoms with E-state index in [1.165, 1.54) is 32.1 Å². The zero-order valence-electron chi connectivity index (χ0n) is 13.3. The van der Waals surface area contributed by atoms with Crippen LogP contribution in [0.15, 0.2) is 0 Å². The molecule has 0 spiro atoms. The molecule has 0 nitrogen and oxygen atoms in total. The first-order valence-electron chi connectivity index (χ1n) is 7.70. The molecule has 1 fully saturated rings. The highest BCUT2D eigenvalue weighted by Crippen LogP contribution is 2.58. The van der Waals surface area contributed by atoms with E-state index in [4.69, 9.17) is 0 Å². The average Bonchev–Trinajstić information content (AvgIpc) is 2.33. The van der Waals surface area contributed by atoms with Crippen molar-refractivity contribution in [2.45, 2.75) is 80.6 Å². The Morgan fingerprint density at radius 3 is 2.06 bits per heavy atom. The summed E-state index contributed by atoms with van der Waals surface area (Å²) in [7, 11) is 0. The summed E-state index contributed by atoms with van der Waals surface area (Å²) in [6.45, 7) is 17.2. The Kier molecular flexibility index (Phi) is 4.72. The smallest absolute Gasteiger partial charge is 0.0269 e. The molecule has 0 aromatic heterocycles. The number of rotatable bonds is 5. The van der Waals surface area contributed by atoms with Crippen LogP contribution in [0.5, 0.6) is 0 Å². The molecular weight excluding hydrogens is 204 g/mol. The lowest BCUT2D eigenvalue weighted by Gasteiger charge is -2.41. The summed E-state index contributed by atoms with van der Waals surface area (Å²) >= 11 is 0. The van der Waals surface area contributed by atoms with Gasteiger partial charge in [-0.05, 0) is 54.3 Å². The van der Waals surface area contributed by atoms with Crippen molar-refractivity contribution in [2.24, 2.45) is 28.6 Å². The van der Waals surface area contributed by atoms with E-state index >= 15 is 0 Å². The zero-order valence-corrected chi connectivity index (χ0v) is 13.3. The van der Waals surface area contributed by atoms with Crippen LogP contribution in [0, 0.1) is 28.6 Å². The van der Waals surface area contributed by atoms with E-state index in [0.29, 0.717) is 10.8 Å². The van der Waals surface area contributed by atoms with E-state index in [0.717, 1.165) is 17.8 Å². The van der Waals surface area contributed by atoms with Gasteiger partial charge in [-0.2, -0.15) is 0 Å². The number of hydrogen-bond acceptors (Lipinski definition) is 0. The van der Waals surface area contributed by atoms with Gasteiger partial charge in [0, 0.05) is 0 Å². The first-order valence-corrected chi connectivity index (χ1v) is 7.70. The molecule has 0 heterocycles. The standard InChI is InChI=1S/C17H34/c1-8-13(2)9-14(3)11-17(7)12-15(4)10-16(17,5)6/h13-15H,8-12H2,1-7H3. The highest BCUT2D eigenvalue weighted by Gasteiger charge is 2.48. The lowest BCUT2D eigenvalue weighted by Crippen LogP contribution is -2.31. The van der Waals surface area contributed by atoms with Crippen molar-refractivity contribution >= 4 is 0 Å². The third kappa shape index (κ3) is 3.48. The van der Waals surface area contributed by atoms with Crippen molar-refractivity contribution in [3.63, 3.8) is 0 Å². The van der Waals surface area contributed by atoms with Gasteiger partial charge in [0.25, 0.3) is 0 Å². The average molecular weight is 238 g/mol. The van der Waals surface area contributed by atoms with Gasteiger partial charge >= 0.3 is 0 Å². The van der Waals surface area contributed by atoms with Gasteiger partial charge in [-0.25, -0.2) is 0 Å². The minimum Gasteiger partial charge on any atom is -0.0651 e. The van der Waals surface area contributed by atoms with Gasteiger partial charge in [-0.1, -0.05) is 54.9 Å². The van der Waals surface area contributed by atoms with Crippen molar-refractivity contribution in [3.05, 3.63) is 0 Å². The molecule has 0 aromatic carbocycles. The summed E-state index contributed by atoms with van der Waals surface area (Å²) in [4.78, 5) is 0. The Morgan fingerprint density at radius 1 is 1.06 bits per heavy atom. The molecule has 0 bridgehead atoms. The monoisotopic (exact) mass is 238 g/mol. The summed E-state index contributed by atoms with van der Waals surface area (Å²) in [6.07, 6.45) is 7.02. The maximum atomic E-state index is 2.55. The molecule has 17 heavy (non-hydrogen) atoms. The molecule has 1 rings (SSSR count). The Morgan fingerprint density at radius 2 is 1.65 bits per heavy atom. The minimum absolute atomic E-state index is 0.538. The van der Waals surface area contributed by atoms with Crippen LogP contribution in [0.25, 0.3) is 0 Å². The molecule has 1 saturated carbocycles. The molecule has 4 atom stereocenters. The number of hydrogen-bond donors (Lipinski definition) is 0. The fraction of sp³-hybridized carbons (Fsp3) is 1.00. The van der Waals surface area contributed by atoms with Crippen LogP contribution in [-0.2, 0) is 0 Å². The topological polar surface area (TPSA) is 0 Å². The van der Waals surface area contributed by atoms with Crippen LogP contribution >= 0.6 is 0 Å². The quantitative estimate of drug-likeness (QED) is 0.558. The van der Waals surface area contributed by atoms with E-state index in [1.54, 1.807) is 0 Å². The van der Waals surface area contributed by atoms with Crippen molar-refractivity contribution in [1.82, 2.24) is 0 Å². The maximum Gasteiger partial charge on any atom is -0.0269 e. The highest BCUT2D eigenvalue weighted by atomic mass is 14.5. The van der Waals surface area contributed by atoms with Gasteiger partial charge in [-0.15, -0.1) is 0 Å². The Bertz CT molecular complexity index is 240. The maximum absolute atomic E-state index is 2.55. The van der Waals surface area contributed by atoms with Crippen LogP contribution in [0.2, 0.25) is 0 Å². The fourth-order valence-electron chi connectivity index (χ4n) is 4.30. The van der Waals surface area contributed by atoms with Crippen molar-refractivity contribution in [1.29, 1.82) is 0 Å². The van der Waals surface area contributed by atoms with Crippen LogP contribution in [0.1, 0.15) is 80.6 Å². The second-order valence-electron chi connectivity index (χ2n) is 8.02. The first kappa shape index (κ1) is 15.1. The summed E-state index contributed by atoms with van der Waals surface area (Å²) < 4.78 is 0. The van der Waals surface area contributed by atoms with Crippen LogP contribution < -0.4 is 0 Å². The van der Waals surface area contributed by atoms with Gasteiger partial charge in [0.1, 0.15) is 0 Å². The van der Waals surface area contributed by atoms with Gasteiger partial charge in [-0.3, -0.25) is 0 Å². The van der Waals surface area contributed by atoms with Crippen LogP contribution in [-0.4, -0.2) is 0 Å². The summed E-state index contributed by atoms with van der Waals surface area (Å²) in [5.41, 5.74) is 1.11. The molecule has 1 aliphatic carbocycles. The third-order valence-electron chi connectivity index (χ3n) is 5.59. The molecule has 0 aromatic rings. The molecule has 0 aliphatic heterocycles. The zero-order chi connectivity index (χ0) is 13.3. The van der Waals surface area contributed by atoms with E-state index in [2.05, 4.69) is 48.5 Å². The molecule has 4 unspecified atom stereocenters. The lowest BCUT2D eigenvalue weighted by atomic mass is 9.64. The molecule has 1 aliphatic rings. The van der Waals surface area contributed by atoms with E-state index in [1.807, 2.05) is 0 Å². The Labute approximate surface area is 110 Å². The van der Waals surface area contributed by atoms with E-state index in [9.17, 15) is 0 Å². The molecule has 0 amide bonds. The lowest BCUT2D eigenvalue weighted by molar-refractivity contribution is 0.0927. The van der Waals surface area contributed by atoms with Gasteiger partial charge in [0.15, 0.2) is 0 Å². The molecular formula is C17H34. The van der Waals surface area contributed by atoms with E-state index in [-0.39, 0.29) is 0 Å². The summed E-state index contributed by atoms with van der Waals surface area (Å²) in [6, 6.07) is 0. The normalized spacial score (nSPS) is 35.8. The summed E-state index contributed by atoms with van der Waals surface area (Å²) in [5, 5.41) is 0. The fourth-order valence-corrected chi connectivity index (χ4v) is 4.30. The predicted octanol–water partition coefficient (Wildman–Crippen LogP) is 5.91. The van der Waals surface area contributed by atoms with Gasteiger partial charge < -0.3 is 0 Å². The first-order chi connectivity index (χ1) is 7.70. The minimum atomic E-state index is 0.538. The molecule has 102 valence electrons. The van der Waals surface area contributed by atoms with Crippen molar-refractivity contribution in [3.8, 4) is 0 Å². The second kappa shape index (κ2) is 5.33. The molecule has 0 heteroatoms. The van der Waals surface area contributed by atoms with Gasteiger partial charge in [0.05, 0.1) is 0 Å². The molecule has 0 radical (unpaired) electrons. The predicted molar refractivity (Wildman–Crippen MR) is 78.1 cm³/mol. The van der Waals surface area contributed by atoms with Crippen molar-refractivity contribution in [2.75, 3.05) is 0 Å².